The van der Waals surface area contributed by atoms with Crippen LogP contribution in [0.4, 0.5) is 13.2 Å². The molecule has 2 aliphatic rings. The summed E-state index contributed by atoms with van der Waals surface area (Å²) < 4.78 is 36.2. The first-order chi connectivity index (χ1) is 7.54. The van der Waals surface area contributed by atoms with Gasteiger partial charge in [0.1, 0.15) is 0 Å². The highest BCUT2D eigenvalue weighted by molar-refractivity contribution is 4.86. The van der Waals surface area contributed by atoms with Crippen LogP contribution in [0.1, 0.15) is 44.9 Å². The molecule has 0 aromatic heterocycles. The number of rotatable bonds is 2. The van der Waals surface area contributed by atoms with Gasteiger partial charge in [-0.15, -0.1) is 0 Å². The minimum atomic E-state index is -4.07. The molecule has 2 saturated carbocycles. The lowest BCUT2D eigenvalue weighted by atomic mass is 9.69. The van der Waals surface area contributed by atoms with Crippen LogP contribution in [-0.4, -0.2) is 18.8 Å². The van der Waals surface area contributed by atoms with Crippen LogP contribution in [0.3, 0.4) is 0 Å². The Morgan fingerprint density at radius 1 is 0.938 bits per heavy atom. The van der Waals surface area contributed by atoms with Gasteiger partial charge in [0.05, 0.1) is 6.54 Å². The number of hydrogen-bond donors (Lipinski definition) is 1. The molecular weight excluding hydrogens is 215 g/mol. The van der Waals surface area contributed by atoms with Crippen LogP contribution in [0.25, 0.3) is 0 Å². The van der Waals surface area contributed by atoms with Crippen LogP contribution >= 0.6 is 0 Å². The average molecular weight is 235 g/mol. The van der Waals surface area contributed by atoms with E-state index in [2.05, 4.69) is 5.32 Å². The Bertz CT molecular complexity index is 227. The molecule has 0 spiro atoms. The Balaban J connectivity index is 1.77. The predicted molar refractivity (Wildman–Crippen MR) is 57.1 cm³/mol. The fourth-order valence-corrected chi connectivity index (χ4v) is 3.32. The zero-order valence-corrected chi connectivity index (χ0v) is 9.52. The fraction of sp³-hybridized carbons (Fsp3) is 1.00. The maximum absolute atomic E-state index is 12.1. The van der Waals surface area contributed by atoms with E-state index in [4.69, 9.17) is 0 Å². The molecule has 2 rings (SSSR count). The minimum Gasteiger partial charge on any atom is -0.306 e. The normalized spacial score (nSPS) is 35.8. The van der Waals surface area contributed by atoms with Crippen molar-refractivity contribution in [2.75, 3.05) is 6.54 Å². The molecule has 0 radical (unpaired) electrons. The van der Waals surface area contributed by atoms with Crippen LogP contribution in [0.5, 0.6) is 0 Å². The topological polar surface area (TPSA) is 12.0 Å². The third-order valence-corrected chi connectivity index (χ3v) is 4.13. The lowest BCUT2D eigenvalue weighted by Gasteiger charge is -2.39. The van der Waals surface area contributed by atoms with Crippen molar-refractivity contribution in [2.24, 2.45) is 11.8 Å². The van der Waals surface area contributed by atoms with Gasteiger partial charge in [0.25, 0.3) is 0 Å². The molecule has 0 aliphatic heterocycles. The number of fused-ring (bicyclic) bond motifs is 1. The van der Waals surface area contributed by atoms with Gasteiger partial charge >= 0.3 is 6.18 Å². The fourth-order valence-electron chi connectivity index (χ4n) is 3.32. The molecule has 0 saturated heterocycles. The number of nitrogens with one attached hydrogen (secondary N) is 1. The minimum absolute atomic E-state index is 0.0981. The monoisotopic (exact) mass is 235 g/mol. The second-order valence-corrected chi connectivity index (χ2v) is 5.31. The van der Waals surface area contributed by atoms with Crippen LogP contribution in [0.2, 0.25) is 0 Å². The van der Waals surface area contributed by atoms with Crippen LogP contribution < -0.4 is 5.32 Å². The second kappa shape index (κ2) is 4.94. The third-order valence-electron chi connectivity index (χ3n) is 4.13. The Morgan fingerprint density at radius 3 is 2.31 bits per heavy atom. The lowest BCUT2D eigenvalue weighted by molar-refractivity contribution is -0.127. The van der Waals surface area contributed by atoms with Crippen LogP contribution in [0, 0.1) is 11.8 Å². The maximum atomic E-state index is 12.1. The first-order valence-corrected chi connectivity index (χ1v) is 6.35. The van der Waals surface area contributed by atoms with Gasteiger partial charge in [-0.05, 0) is 31.1 Å². The Hall–Kier alpha value is -0.250. The molecule has 2 aliphatic carbocycles. The first-order valence-electron chi connectivity index (χ1n) is 6.35. The summed E-state index contributed by atoms with van der Waals surface area (Å²) in [7, 11) is 0. The van der Waals surface area contributed by atoms with Crippen molar-refractivity contribution in [3.05, 3.63) is 0 Å². The third kappa shape index (κ3) is 3.37. The molecule has 0 aromatic carbocycles. The second-order valence-electron chi connectivity index (χ2n) is 5.31. The summed E-state index contributed by atoms with van der Waals surface area (Å²) in [5.74, 6) is 1.49. The molecule has 3 unspecified atom stereocenters. The van der Waals surface area contributed by atoms with Gasteiger partial charge in [0.15, 0.2) is 0 Å². The molecule has 0 heterocycles. The molecule has 94 valence electrons. The number of halogens is 3. The van der Waals surface area contributed by atoms with Crippen molar-refractivity contribution in [3.8, 4) is 0 Å². The SMILES string of the molecule is FC(F)(F)CNC1CCC2CCCCC2C1. The number of hydrogen-bond acceptors (Lipinski definition) is 1. The summed E-state index contributed by atoms with van der Waals surface area (Å²) in [6.07, 6.45) is 4.07. The van der Waals surface area contributed by atoms with E-state index >= 15 is 0 Å². The van der Waals surface area contributed by atoms with Crippen molar-refractivity contribution in [1.82, 2.24) is 5.32 Å². The molecule has 1 nitrogen and oxygen atoms in total. The Morgan fingerprint density at radius 2 is 1.62 bits per heavy atom. The lowest BCUT2D eigenvalue weighted by Crippen LogP contribution is -2.42. The van der Waals surface area contributed by atoms with Crippen molar-refractivity contribution in [3.63, 3.8) is 0 Å². The number of alkyl halides is 3. The first kappa shape index (κ1) is 12.2. The average Bonchev–Trinajstić information content (AvgIpc) is 2.25. The van der Waals surface area contributed by atoms with Gasteiger partial charge in [-0.25, -0.2) is 0 Å². The van der Waals surface area contributed by atoms with Crippen molar-refractivity contribution < 1.29 is 13.2 Å². The van der Waals surface area contributed by atoms with Crippen LogP contribution in [0.15, 0.2) is 0 Å². The molecule has 16 heavy (non-hydrogen) atoms. The van der Waals surface area contributed by atoms with E-state index in [1.807, 2.05) is 0 Å². The van der Waals surface area contributed by atoms with Gasteiger partial charge < -0.3 is 5.32 Å². The Kier molecular flexibility index (Phi) is 3.77. The molecule has 0 amide bonds. The van der Waals surface area contributed by atoms with E-state index in [-0.39, 0.29) is 6.04 Å². The van der Waals surface area contributed by atoms with Gasteiger partial charge in [-0.3, -0.25) is 0 Å². The summed E-state index contributed by atoms with van der Waals surface area (Å²) in [4.78, 5) is 0. The van der Waals surface area contributed by atoms with Crippen molar-refractivity contribution in [1.29, 1.82) is 0 Å². The van der Waals surface area contributed by atoms with Gasteiger partial charge in [-0.1, -0.05) is 25.7 Å². The maximum Gasteiger partial charge on any atom is 0.401 e. The van der Waals surface area contributed by atoms with E-state index in [1.54, 1.807) is 0 Å². The smallest absolute Gasteiger partial charge is 0.306 e. The molecular formula is C12H20F3N. The zero-order valence-electron chi connectivity index (χ0n) is 9.52. The highest BCUT2D eigenvalue weighted by atomic mass is 19.4. The molecule has 0 aromatic rings. The van der Waals surface area contributed by atoms with Crippen molar-refractivity contribution in [2.45, 2.75) is 57.2 Å². The van der Waals surface area contributed by atoms with E-state index in [1.165, 1.54) is 25.7 Å². The highest BCUT2D eigenvalue weighted by Crippen LogP contribution is 2.40. The molecule has 4 heteroatoms. The largest absolute Gasteiger partial charge is 0.401 e. The van der Waals surface area contributed by atoms with E-state index in [0.717, 1.165) is 25.2 Å². The van der Waals surface area contributed by atoms with E-state index in [0.29, 0.717) is 5.92 Å². The molecule has 2 fully saturated rings. The van der Waals surface area contributed by atoms with Gasteiger partial charge in [0.2, 0.25) is 0 Å². The quantitative estimate of drug-likeness (QED) is 0.772. The highest BCUT2D eigenvalue weighted by Gasteiger charge is 2.34. The van der Waals surface area contributed by atoms with Crippen LogP contribution in [-0.2, 0) is 0 Å². The summed E-state index contributed by atoms with van der Waals surface area (Å²) in [6, 6.07) is 0.0981. The molecule has 1 N–H and O–H groups in total. The van der Waals surface area contributed by atoms with Crippen molar-refractivity contribution >= 4 is 0 Å². The zero-order chi connectivity index (χ0) is 11.6. The predicted octanol–water partition coefficient (Wildman–Crippen LogP) is 3.50. The summed E-state index contributed by atoms with van der Waals surface area (Å²) in [5, 5.41) is 2.67. The molecule has 3 atom stereocenters. The van der Waals surface area contributed by atoms with E-state index in [9.17, 15) is 13.2 Å². The summed E-state index contributed by atoms with van der Waals surface area (Å²) in [6.45, 7) is -0.824. The van der Waals surface area contributed by atoms with E-state index < -0.39 is 12.7 Å². The van der Waals surface area contributed by atoms with Gasteiger partial charge in [-0.2, -0.15) is 13.2 Å². The summed E-state index contributed by atoms with van der Waals surface area (Å²) >= 11 is 0. The Labute approximate surface area is 94.8 Å². The standard InChI is InChI=1S/C12H20F3N/c13-12(14,15)8-16-11-6-5-9-3-1-2-4-10(9)7-11/h9-11,16H,1-8H2. The summed E-state index contributed by atoms with van der Waals surface area (Å²) in [5.41, 5.74) is 0. The van der Waals surface area contributed by atoms with Gasteiger partial charge in [0, 0.05) is 6.04 Å². The molecule has 0 bridgehead atoms.